The second kappa shape index (κ2) is 6.35. The first-order chi connectivity index (χ1) is 9.96. The molecule has 21 heavy (non-hydrogen) atoms. The van der Waals surface area contributed by atoms with Crippen molar-refractivity contribution < 1.29 is 4.39 Å². The molecule has 0 saturated heterocycles. The van der Waals surface area contributed by atoms with Crippen LogP contribution in [0, 0.1) is 5.82 Å². The molecule has 0 aliphatic heterocycles. The summed E-state index contributed by atoms with van der Waals surface area (Å²) in [6.45, 7) is 6.21. The number of hydrogen-bond donors (Lipinski definition) is 1. The molecule has 1 unspecified atom stereocenters. The van der Waals surface area contributed by atoms with Crippen LogP contribution in [0.15, 0.2) is 30.6 Å². The van der Waals surface area contributed by atoms with E-state index in [0.29, 0.717) is 18.2 Å². The molecule has 0 fully saturated rings. The Labute approximate surface area is 125 Å². The fourth-order valence-electron chi connectivity index (χ4n) is 2.52. The van der Waals surface area contributed by atoms with Crippen LogP contribution in [0.3, 0.4) is 0 Å². The molecule has 0 aromatic carbocycles. The van der Waals surface area contributed by atoms with Crippen molar-refractivity contribution >= 4 is 0 Å². The fraction of sp³-hybridized carbons (Fsp3) is 0.500. The van der Waals surface area contributed by atoms with E-state index >= 15 is 0 Å². The van der Waals surface area contributed by atoms with Crippen LogP contribution in [0.4, 0.5) is 4.39 Å². The van der Waals surface area contributed by atoms with Gasteiger partial charge in [0.2, 0.25) is 0 Å². The molecule has 2 N–H and O–H groups in total. The monoisotopic (exact) mass is 290 g/mol. The molecule has 2 rings (SSSR count). The number of aromatic nitrogens is 3. The van der Waals surface area contributed by atoms with E-state index in [2.05, 4.69) is 23.9 Å². The highest BCUT2D eigenvalue weighted by atomic mass is 19.1. The van der Waals surface area contributed by atoms with Crippen LogP contribution in [0.1, 0.15) is 51.0 Å². The minimum Gasteiger partial charge on any atom is -0.320 e. The highest BCUT2D eigenvalue weighted by Crippen LogP contribution is 2.22. The number of pyridine rings is 1. The van der Waals surface area contributed by atoms with Crippen LogP contribution in [0.2, 0.25) is 0 Å². The molecule has 1 atom stereocenters. The lowest BCUT2D eigenvalue weighted by atomic mass is 9.93. The average molecular weight is 290 g/mol. The van der Waals surface area contributed by atoms with Gasteiger partial charge in [-0.1, -0.05) is 13.8 Å². The highest BCUT2D eigenvalue weighted by molar-refractivity contribution is 5.18. The Kier molecular flexibility index (Phi) is 4.73. The Morgan fingerprint density at radius 2 is 2.00 bits per heavy atom. The van der Waals surface area contributed by atoms with Crippen LogP contribution in [0.25, 0.3) is 0 Å². The van der Waals surface area contributed by atoms with Crippen molar-refractivity contribution in [2.24, 2.45) is 5.73 Å². The van der Waals surface area contributed by atoms with Crippen molar-refractivity contribution in [1.82, 2.24) is 14.8 Å². The molecular formula is C16H23FN4. The molecule has 2 aromatic heterocycles. The molecule has 2 heterocycles. The van der Waals surface area contributed by atoms with Crippen LogP contribution < -0.4 is 5.73 Å². The summed E-state index contributed by atoms with van der Waals surface area (Å²) in [6, 6.07) is 5.43. The molecular weight excluding hydrogens is 267 g/mol. The predicted molar refractivity (Wildman–Crippen MR) is 81.3 cm³/mol. The topological polar surface area (TPSA) is 56.7 Å². The van der Waals surface area contributed by atoms with E-state index in [1.807, 2.05) is 23.9 Å². The van der Waals surface area contributed by atoms with Gasteiger partial charge in [0, 0.05) is 12.6 Å². The van der Waals surface area contributed by atoms with Crippen LogP contribution in [-0.4, -0.2) is 14.8 Å². The fourth-order valence-corrected chi connectivity index (χ4v) is 2.52. The van der Waals surface area contributed by atoms with E-state index in [0.717, 1.165) is 18.5 Å². The average Bonchev–Trinajstić information content (AvgIpc) is 2.88. The van der Waals surface area contributed by atoms with Gasteiger partial charge < -0.3 is 5.73 Å². The number of rotatable bonds is 6. The third-order valence-electron chi connectivity index (χ3n) is 3.84. The van der Waals surface area contributed by atoms with Crippen molar-refractivity contribution in [3.63, 3.8) is 0 Å². The first kappa shape index (κ1) is 15.6. The zero-order valence-corrected chi connectivity index (χ0v) is 12.9. The maximum atomic E-state index is 13.0. The third-order valence-corrected chi connectivity index (χ3v) is 3.84. The molecule has 2 aromatic rings. The summed E-state index contributed by atoms with van der Waals surface area (Å²) in [7, 11) is 0. The molecule has 0 bridgehead atoms. The van der Waals surface area contributed by atoms with E-state index in [-0.39, 0.29) is 5.82 Å². The zero-order chi connectivity index (χ0) is 15.5. The first-order valence-corrected chi connectivity index (χ1v) is 7.41. The largest absolute Gasteiger partial charge is 0.320 e. The van der Waals surface area contributed by atoms with Gasteiger partial charge in [-0.2, -0.15) is 5.10 Å². The summed E-state index contributed by atoms with van der Waals surface area (Å²) < 4.78 is 15.0. The second-order valence-corrected chi connectivity index (χ2v) is 5.71. The van der Waals surface area contributed by atoms with Gasteiger partial charge in [0.25, 0.3) is 0 Å². The Bertz CT molecular complexity index is 570. The summed E-state index contributed by atoms with van der Waals surface area (Å²) in [6.07, 6.45) is 5.87. The summed E-state index contributed by atoms with van der Waals surface area (Å²) in [5, 5.41) is 4.62. The first-order valence-electron chi connectivity index (χ1n) is 7.41. The molecule has 0 amide bonds. The Morgan fingerprint density at radius 3 is 2.57 bits per heavy atom. The third kappa shape index (κ3) is 3.67. The van der Waals surface area contributed by atoms with E-state index < -0.39 is 5.54 Å². The van der Waals surface area contributed by atoms with E-state index in [4.69, 9.17) is 5.73 Å². The number of nitrogens with zero attached hydrogens (tertiary/aromatic N) is 3. The van der Waals surface area contributed by atoms with Gasteiger partial charge in [-0.05, 0) is 38.0 Å². The number of halogens is 1. The van der Waals surface area contributed by atoms with Gasteiger partial charge in [-0.25, -0.2) is 4.39 Å². The van der Waals surface area contributed by atoms with Gasteiger partial charge in [0.15, 0.2) is 0 Å². The van der Waals surface area contributed by atoms with E-state index in [1.54, 1.807) is 6.07 Å². The maximum Gasteiger partial charge on any atom is 0.141 e. The zero-order valence-electron chi connectivity index (χ0n) is 12.9. The van der Waals surface area contributed by atoms with E-state index in [9.17, 15) is 4.39 Å². The lowest BCUT2D eigenvalue weighted by Gasteiger charge is -2.23. The Morgan fingerprint density at radius 1 is 1.29 bits per heavy atom. The summed E-state index contributed by atoms with van der Waals surface area (Å²) in [5.41, 5.74) is 7.27. The van der Waals surface area contributed by atoms with E-state index in [1.165, 1.54) is 12.3 Å². The Balaban J connectivity index is 2.15. The molecule has 0 aliphatic carbocycles. The maximum absolute atomic E-state index is 13.0. The predicted octanol–water partition coefficient (Wildman–Crippen LogP) is 3.19. The van der Waals surface area contributed by atoms with Gasteiger partial charge in [-0.3, -0.25) is 9.67 Å². The summed E-state index contributed by atoms with van der Waals surface area (Å²) in [5.74, 6) is -0.354. The summed E-state index contributed by atoms with van der Waals surface area (Å²) >= 11 is 0. The minimum atomic E-state index is -0.666. The van der Waals surface area contributed by atoms with Crippen molar-refractivity contribution in [3.8, 4) is 0 Å². The van der Waals surface area contributed by atoms with Crippen molar-refractivity contribution in [3.05, 3.63) is 47.8 Å². The second-order valence-electron chi connectivity index (χ2n) is 5.71. The molecule has 5 heteroatoms. The smallest absolute Gasteiger partial charge is 0.141 e. The van der Waals surface area contributed by atoms with Crippen LogP contribution in [0.5, 0.6) is 0 Å². The normalized spacial score (nSPS) is 14.4. The number of hydrogen-bond acceptors (Lipinski definition) is 3. The summed E-state index contributed by atoms with van der Waals surface area (Å²) in [4.78, 5) is 4.09. The van der Waals surface area contributed by atoms with Crippen molar-refractivity contribution in [2.75, 3.05) is 0 Å². The minimum absolute atomic E-state index is 0.354. The van der Waals surface area contributed by atoms with Crippen molar-refractivity contribution in [1.29, 1.82) is 0 Å². The SMILES string of the molecule is CCC(CC)n1ccc(CC(C)(N)c2ccc(F)cn2)n1. The molecule has 0 aliphatic rings. The van der Waals surface area contributed by atoms with Crippen LogP contribution in [-0.2, 0) is 12.0 Å². The Hall–Kier alpha value is -1.75. The molecule has 114 valence electrons. The van der Waals surface area contributed by atoms with Crippen molar-refractivity contribution in [2.45, 2.75) is 51.6 Å². The lowest BCUT2D eigenvalue weighted by molar-refractivity contribution is 0.415. The van der Waals surface area contributed by atoms with Gasteiger partial charge in [0.1, 0.15) is 5.82 Å². The van der Waals surface area contributed by atoms with Gasteiger partial charge >= 0.3 is 0 Å². The van der Waals surface area contributed by atoms with Gasteiger partial charge in [-0.15, -0.1) is 0 Å². The van der Waals surface area contributed by atoms with Gasteiger partial charge in [0.05, 0.1) is 29.2 Å². The molecule has 0 radical (unpaired) electrons. The molecule has 4 nitrogen and oxygen atoms in total. The lowest BCUT2D eigenvalue weighted by Crippen LogP contribution is -2.36. The molecule has 0 saturated carbocycles. The number of nitrogens with two attached hydrogens (primary N) is 1. The quantitative estimate of drug-likeness (QED) is 0.889. The van der Waals surface area contributed by atoms with Crippen LogP contribution >= 0.6 is 0 Å². The highest BCUT2D eigenvalue weighted by Gasteiger charge is 2.25. The standard InChI is InChI=1S/C16H23FN4/c1-4-14(5-2)21-9-8-13(20-21)10-16(3,18)15-7-6-12(17)11-19-15/h6-9,11,14H,4-5,10,18H2,1-3H3. The molecule has 0 spiro atoms.